The second kappa shape index (κ2) is 10.7. The van der Waals surface area contributed by atoms with Crippen molar-refractivity contribution >= 4 is 53.1 Å². The molecule has 2 N–H and O–H groups in total. The molecule has 14 heteroatoms. The zero-order valence-corrected chi connectivity index (χ0v) is 17.2. The first-order valence-corrected chi connectivity index (χ1v) is 8.99. The number of amides is 1. The summed E-state index contributed by atoms with van der Waals surface area (Å²) in [6.45, 7) is 2.21. The Kier molecular flexibility index (Phi) is 8.01. The quantitative estimate of drug-likeness (QED) is 0.142. The molecule has 0 aliphatic carbocycles. The topological polar surface area (TPSA) is 184 Å². The van der Waals surface area contributed by atoms with E-state index in [0.717, 1.165) is 26.2 Å². The predicted molar refractivity (Wildman–Crippen MR) is 105 cm³/mol. The lowest BCUT2D eigenvalue weighted by Crippen LogP contribution is -2.17. The average Bonchev–Trinajstić information content (AvgIpc) is 3.16. The van der Waals surface area contributed by atoms with E-state index >= 15 is 0 Å². The maximum absolute atomic E-state index is 12.3. The Labute approximate surface area is 183 Å². The van der Waals surface area contributed by atoms with Gasteiger partial charge in [-0.2, -0.15) is 4.98 Å². The summed E-state index contributed by atoms with van der Waals surface area (Å²) in [7, 11) is 0. The SMILES string of the molecule is CC(=O)Oc1ccc(C(=O)ON=C(C(=O)O)c2coc(NC(=O)CCl)n2)cc1OC(C)=O. The van der Waals surface area contributed by atoms with Crippen LogP contribution < -0.4 is 14.8 Å². The number of anilines is 1. The first kappa shape index (κ1) is 24.0. The highest BCUT2D eigenvalue weighted by Gasteiger charge is 2.21. The van der Waals surface area contributed by atoms with E-state index in [-0.39, 0.29) is 34.7 Å². The summed E-state index contributed by atoms with van der Waals surface area (Å²) in [6.07, 6.45) is 0.858. The zero-order valence-electron chi connectivity index (χ0n) is 16.4. The van der Waals surface area contributed by atoms with Crippen molar-refractivity contribution in [2.45, 2.75) is 13.8 Å². The molecular formula is C18H14ClN3O10. The number of oxime groups is 1. The summed E-state index contributed by atoms with van der Waals surface area (Å²) < 4.78 is 14.7. The van der Waals surface area contributed by atoms with Crippen molar-refractivity contribution in [2.75, 3.05) is 11.2 Å². The summed E-state index contributed by atoms with van der Waals surface area (Å²) in [5.74, 6) is -5.62. The van der Waals surface area contributed by atoms with Crippen molar-refractivity contribution in [3.05, 3.63) is 35.7 Å². The Morgan fingerprint density at radius 1 is 1.12 bits per heavy atom. The molecule has 1 amide bonds. The number of halogens is 1. The highest BCUT2D eigenvalue weighted by molar-refractivity contribution is 6.41. The Hall–Kier alpha value is -4.26. The molecule has 0 saturated heterocycles. The fraction of sp³-hybridized carbons (Fsp3) is 0.167. The molecule has 168 valence electrons. The zero-order chi connectivity index (χ0) is 23.8. The van der Waals surface area contributed by atoms with Crippen LogP contribution in [0, 0.1) is 0 Å². The molecule has 13 nitrogen and oxygen atoms in total. The standard InChI is InChI=1S/C18H14ClN3O10/c1-8(23)30-12-4-3-10(5-13(12)31-9(2)24)17(28)32-22-15(16(26)27)11-7-29-18(20-11)21-14(25)6-19/h3-5,7H,6H2,1-2H3,(H,26,27)(H,20,21,25). The highest BCUT2D eigenvalue weighted by Crippen LogP contribution is 2.29. The van der Waals surface area contributed by atoms with Gasteiger partial charge in [0, 0.05) is 13.8 Å². The van der Waals surface area contributed by atoms with Gasteiger partial charge in [0.05, 0.1) is 5.56 Å². The van der Waals surface area contributed by atoms with Crippen LogP contribution in [0.4, 0.5) is 6.01 Å². The molecule has 0 aliphatic rings. The van der Waals surface area contributed by atoms with Gasteiger partial charge in [0.1, 0.15) is 17.8 Å². The van der Waals surface area contributed by atoms with Crippen LogP contribution in [0.15, 0.2) is 34.0 Å². The van der Waals surface area contributed by atoms with Gasteiger partial charge < -0.3 is 23.8 Å². The van der Waals surface area contributed by atoms with Crippen LogP contribution in [-0.2, 0) is 24.0 Å². The molecule has 0 unspecified atom stereocenters. The first-order valence-electron chi connectivity index (χ1n) is 8.46. The lowest BCUT2D eigenvalue weighted by Gasteiger charge is -2.09. The molecule has 0 radical (unpaired) electrons. The number of carboxylic acids is 1. The fourth-order valence-electron chi connectivity index (χ4n) is 2.04. The van der Waals surface area contributed by atoms with Crippen molar-refractivity contribution in [1.82, 2.24) is 4.98 Å². The van der Waals surface area contributed by atoms with Crippen molar-refractivity contribution < 1.29 is 47.8 Å². The van der Waals surface area contributed by atoms with Gasteiger partial charge >= 0.3 is 29.9 Å². The molecule has 2 rings (SSSR count). The van der Waals surface area contributed by atoms with Crippen LogP contribution in [0.1, 0.15) is 29.9 Å². The molecule has 0 aliphatic heterocycles. The molecule has 2 aromatic rings. The van der Waals surface area contributed by atoms with E-state index in [0.29, 0.717) is 0 Å². The van der Waals surface area contributed by atoms with Gasteiger partial charge in [-0.1, -0.05) is 5.16 Å². The van der Waals surface area contributed by atoms with E-state index < -0.39 is 35.5 Å². The normalized spacial score (nSPS) is 10.8. The lowest BCUT2D eigenvalue weighted by molar-refractivity contribution is -0.134. The number of nitrogens with zero attached hydrogens (tertiary/aromatic N) is 2. The molecule has 0 bridgehead atoms. The maximum Gasteiger partial charge on any atom is 0.365 e. The number of benzene rings is 1. The van der Waals surface area contributed by atoms with Gasteiger partial charge in [0.15, 0.2) is 11.5 Å². The molecule has 32 heavy (non-hydrogen) atoms. The number of oxazole rings is 1. The van der Waals surface area contributed by atoms with Crippen LogP contribution in [0.25, 0.3) is 0 Å². The summed E-state index contributed by atoms with van der Waals surface area (Å²) in [4.78, 5) is 65.7. The van der Waals surface area contributed by atoms with Crippen molar-refractivity contribution in [3.8, 4) is 11.5 Å². The van der Waals surface area contributed by atoms with Gasteiger partial charge in [0.25, 0.3) is 0 Å². The third-order valence-electron chi connectivity index (χ3n) is 3.22. The van der Waals surface area contributed by atoms with Gasteiger partial charge in [-0.25, -0.2) is 9.59 Å². The number of carboxylic acid groups (broad SMARTS) is 1. The number of alkyl halides is 1. The molecule has 1 aromatic heterocycles. The number of rotatable bonds is 8. The number of esters is 2. The summed E-state index contributed by atoms with van der Waals surface area (Å²) in [6, 6.07) is 3.02. The first-order chi connectivity index (χ1) is 15.1. The summed E-state index contributed by atoms with van der Waals surface area (Å²) in [5, 5.41) is 14.7. The number of carbonyl (C=O) groups excluding carboxylic acids is 4. The maximum atomic E-state index is 12.3. The summed E-state index contributed by atoms with van der Waals surface area (Å²) >= 11 is 5.33. The highest BCUT2D eigenvalue weighted by atomic mass is 35.5. The molecule has 0 fully saturated rings. The van der Waals surface area contributed by atoms with Gasteiger partial charge in [-0.15, -0.1) is 11.6 Å². The minimum absolute atomic E-state index is 0.131. The molecule has 1 aromatic carbocycles. The van der Waals surface area contributed by atoms with Crippen LogP contribution in [0.5, 0.6) is 11.5 Å². The van der Waals surface area contributed by atoms with E-state index in [1.54, 1.807) is 0 Å². The Bertz CT molecular complexity index is 1110. The molecule has 0 spiro atoms. The van der Waals surface area contributed by atoms with Crippen LogP contribution >= 0.6 is 11.6 Å². The minimum Gasteiger partial charge on any atom is -0.476 e. The van der Waals surface area contributed by atoms with E-state index in [2.05, 4.69) is 20.3 Å². The number of ether oxygens (including phenoxy) is 2. The lowest BCUT2D eigenvalue weighted by atomic mass is 10.2. The number of nitrogens with one attached hydrogen (secondary N) is 1. The second-order valence-corrected chi connectivity index (χ2v) is 5.96. The number of aliphatic carboxylic acids is 1. The summed E-state index contributed by atoms with van der Waals surface area (Å²) in [5.41, 5.74) is -1.38. The minimum atomic E-state index is -1.62. The van der Waals surface area contributed by atoms with Crippen molar-refractivity contribution in [3.63, 3.8) is 0 Å². The van der Waals surface area contributed by atoms with Crippen molar-refractivity contribution in [1.29, 1.82) is 0 Å². The third-order valence-corrected chi connectivity index (χ3v) is 3.47. The van der Waals surface area contributed by atoms with Crippen LogP contribution in [0.3, 0.4) is 0 Å². The average molecular weight is 468 g/mol. The predicted octanol–water partition coefficient (Wildman–Crippen LogP) is 1.35. The monoisotopic (exact) mass is 467 g/mol. The number of hydrogen-bond acceptors (Lipinski definition) is 11. The molecule has 1 heterocycles. The van der Waals surface area contributed by atoms with Gasteiger partial charge in [-0.05, 0) is 18.2 Å². The van der Waals surface area contributed by atoms with Crippen LogP contribution in [0.2, 0.25) is 0 Å². The molecular weight excluding hydrogens is 454 g/mol. The van der Waals surface area contributed by atoms with E-state index in [4.69, 9.17) is 25.5 Å². The third kappa shape index (κ3) is 6.63. The van der Waals surface area contributed by atoms with E-state index in [9.17, 15) is 29.1 Å². The Morgan fingerprint density at radius 2 is 1.78 bits per heavy atom. The number of carbonyl (C=O) groups is 5. The van der Waals surface area contributed by atoms with Crippen LogP contribution in [-0.4, -0.2) is 51.5 Å². The Balaban J connectivity index is 2.25. The smallest absolute Gasteiger partial charge is 0.365 e. The van der Waals surface area contributed by atoms with Crippen molar-refractivity contribution in [2.24, 2.45) is 5.16 Å². The number of aromatic nitrogens is 1. The van der Waals surface area contributed by atoms with E-state index in [1.165, 1.54) is 12.1 Å². The number of hydrogen-bond donors (Lipinski definition) is 2. The van der Waals surface area contributed by atoms with Gasteiger partial charge in [0.2, 0.25) is 11.6 Å². The Morgan fingerprint density at radius 3 is 2.38 bits per heavy atom. The molecule has 0 saturated carbocycles. The second-order valence-electron chi connectivity index (χ2n) is 5.69. The van der Waals surface area contributed by atoms with E-state index in [1.807, 2.05) is 0 Å². The van der Waals surface area contributed by atoms with Gasteiger partial charge in [-0.3, -0.25) is 19.7 Å². The fourth-order valence-corrected chi connectivity index (χ4v) is 2.10. The largest absolute Gasteiger partial charge is 0.476 e. The molecule has 0 atom stereocenters.